The van der Waals surface area contributed by atoms with Crippen molar-refractivity contribution in [1.82, 2.24) is 5.32 Å². The van der Waals surface area contributed by atoms with Gasteiger partial charge in [0.25, 0.3) is 0 Å². The number of methoxy groups -OCH3 is 1. The van der Waals surface area contributed by atoms with Crippen LogP contribution in [0, 0.1) is 0 Å². The normalized spacial score (nSPS) is 14.2. The Morgan fingerprint density at radius 2 is 1.83 bits per heavy atom. The molecule has 1 aromatic rings. The molecule has 1 aromatic carbocycles. The van der Waals surface area contributed by atoms with Crippen LogP contribution in [0.15, 0.2) is 24.3 Å². The first-order valence-corrected chi connectivity index (χ1v) is 7.77. The van der Waals surface area contributed by atoms with E-state index in [2.05, 4.69) is 38.2 Å². The maximum atomic E-state index is 5.16. The summed E-state index contributed by atoms with van der Waals surface area (Å²) in [4.78, 5) is 0. The van der Waals surface area contributed by atoms with E-state index in [9.17, 15) is 0 Å². The Bertz CT molecular complexity index is 326. The first-order valence-electron chi connectivity index (χ1n) is 6.62. The summed E-state index contributed by atoms with van der Waals surface area (Å²) < 4.78 is 5.16. The molecule has 0 spiro atoms. The molecule has 0 amide bonds. The molecule has 2 nitrogen and oxygen atoms in total. The van der Waals surface area contributed by atoms with Gasteiger partial charge in [-0.25, -0.2) is 0 Å². The summed E-state index contributed by atoms with van der Waals surface area (Å²) in [6.45, 7) is 6.71. The minimum absolute atomic E-state index is 0.505. The van der Waals surface area contributed by atoms with Crippen molar-refractivity contribution in [3.05, 3.63) is 29.8 Å². The number of hydrogen-bond acceptors (Lipinski definition) is 3. The highest BCUT2D eigenvalue weighted by atomic mass is 32.2. The van der Waals surface area contributed by atoms with E-state index >= 15 is 0 Å². The second kappa shape index (κ2) is 8.44. The third-order valence-corrected chi connectivity index (χ3v) is 3.99. The molecule has 102 valence electrons. The van der Waals surface area contributed by atoms with Gasteiger partial charge in [-0.05, 0) is 43.7 Å². The van der Waals surface area contributed by atoms with Gasteiger partial charge in [0.1, 0.15) is 5.75 Å². The molecule has 0 aliphatic carbocycles. The molecule has 0 radical (unpaired) electrons. The van der Waals surface area contributed by atoms with Crippen molar-refractivity contribution in [2.24, 2.45) is 0 Å². The fourth-order valence-corrected chi connectivity index (χ4v) is 2.69. The average molecular weight is 267 g/mol. The van der Waals surface area contributed by atoms with Crippen molar-refractivity contribution in [2.75, 3.05) is 18.6 Å². The Labute approximate surface area is 116 Å². The van der Waals surface area contributed by atoms with Crippen LogP contribution in [0.5, 0.6) is 5.75 Å². The minimum atomic E-state index is 0.505. The van der Waals surface area contributed by atoms with Crippen molar-refractivity contribution < 1.29 is 4.74 Å². The lowest BCUT2D eigenvalue weighted by molar-refractivity contribution is 0.414. The van der Waals surface area contributed by atoms with Gasteiger partial charge < -0.3 is 10.1 Å². The van der Waals surface area contributed by atoms with Gasteiger partial charge in [-0.3, -0.25) is 0 Å². The number of rotatable bonds is 8. The second-order valence-corrected chi connectivity index (χ2v) is 6.00. The SMILES string of the molecule is CCSCC(C)NC(C)Cc1ccc(OC)cc1. The van der Waals surface area contributed by atoms with E-state index in [4.69, 9.17) is 4.74 Å². The summed E-state index contributed by atoms with van der Waals surface area (Å²) in [7, 11) is 1.70. The number of ether oxygens (including phenoxy) is 1. The van der Waals surface area contributed by atoms with Crippen molar-refractivity contribution >= 4 is 11.8 Å². The minimum Gasteiger partial charge on any atom is -0.497 e. The maximum Gasteiger partial charge on any atom is 0.118 e. The standard InChI is InChI=1S/C15H25NOS/c1-5-18-11-13(3)16-12(2)10-14-6-8-15(17-4)9-7-14/h6-9,12-13,16H,5,10-11H2,1-4H3. The zero-order chi connectivity index (χ0) is 13.4. The lowest BCUT2D eigenvalue weighted by Crippen LogP contribution is -2.37. The molecule has 0 saturated heterocycles. The zero-order valence-electron chi connectivity index (χ0n) is 11.9. The Morgan fingerprint density at radius 3 is 2.39 bits per heavy atom. The van der Waals surface area contributed by atoms with Crippen LogP contribution in [-0.4, -0.2) is 30.7 Å². The first-order chi connectivity index (χ1) is 8.65. The maximum absolute atomic E-state index is 5.16. The molecule has 0 heterocycles. The predicted molar refractivity (Wildman–Crippen MR) is 81.8 cm³/mol. The van der Waals surface area contributed by atoms with Crippen LogP contribution in [0.1, 0.15) is 26.3 Å². The van der Waals surface area contributed by atoms with Gasteiger partial charge in [0.05, 0.1) is 7.11 Å². The van der Waals surface area contributed by atoms with Gasteiger partial charge in [0.2, 0.25) is 0 Å². The summed E-state index contributed by atoms with van der Waals surface area (Å²) in [5.41, 5.74) is 1.35. The van der Waals surface area contributed by atoms with Gasteiger partial charge in [0.15, 0.2) is 0 Å². The van der Waals surface area contributed by atoms with Gasteiger partial charge in [0, 0.05) is 17.8 Å². The molecule has 0 aliphatic heterocycles. The molecular formula is C15H25NOS. The molecular weight excluding hydrogens is 242 g/mol. The summed E-state index contributed by atoms with van der Waals surface area (Å²) >= 11 is 1.99. The molecule has 0 aliphatic rings. The molecule has 18 heavy (non-hydrogen) atoms. The van der Waals surface area contributed by atoms with Crippen molar-refractivity contribution in [1.29, 1.82) is 0 Å². The largest absolute Gasteiger partial charge is 0.497 e. The topological polar surface area (TPSA) is 21.3 Å². The van der Waals surface area contributed by atoms with Crippen LogP contribution in [0.4, 0.5) is 0 Å². The quantitative estimate of drug-likeness (QED) is 0.780. The summed E-state index contributed by atoms with van der Waals surface area (Å²) in [5, 5.41) is 3.64. The molecule has 1 rings (SSSR count). The lowest BCUT2D eigenvalue weighted by atomic mass is 10.1. The van der Waals surface area contributed by atoms with Crippen LogP contribution < -0.4 is 10.1 Å². The highest BCUT2D eigenvalue weighted by Gasteiger charge is 2.08. The third kappa shape index (κ3) is 5.78. The number of benzene rings is 1. The molecule has 0 bridgehead atoms. The van der Waals surface area contributed by atoms with E-state index in [0.29, 0.717) is 12.1 Å². The molecule has 2 atom stereocenters. The molecule has 0 aromatic heterocycles. The fraction of sp³-hybridized carbons (Fsp3) is 0.600. The summed E-state index contributed by atoms with van der Waals surface area (Å²) in [5.74, 6) is 3.30. The van der Waals surface area contributed by atoms with Crippen LogP contribution in [-0.2, 0) is 6.42 Å². The molecule has 3 heteroatoms. The van der Waals surface area contributed by atoms with E-state index in [1.165, 1.54) is 17.1 Å². The number of nitrogens with one attached hydrogen (secondary N) is 1. The first kappa shape index (κ1) is 15.4. The Hall–Kier alpha value is -0.670. The van der Waals surface area contributed by atoms with Gasteiger partial charge in [-0.15, -0.1) is 0 Å². The van der Waals surface area contributed by atoms with Gasteiger partial charge in [-0.1, -0.05) is 19.1 Å². The molecule has 0 saturated carbocycles. The lowest BCUT2D eigenvalue weighted by Gasteiger charge is -2.19. The van der Waals surface area contributed by atoms with E-state index in [-0.39, 0.29) is 0 Å². The summed E-state index contributed by atoms with van der Waals surface area (Å²) in [6, 6.07) is 9.41. The Kier molecular flexibility index (Phi) is 7.21. The zero-order valence-corrected chi connectivity index (χ0v) is 12.7. The van der Waals surface area contributed by atoms with Crippen LogP contribution >= 0.6 is 11.8 Å². The van der Waals surface area contributed by atoms with Gasteiger partial charge >= 0.3 is 0 Å². The van der Waals surface area contributed by atoms with Crippen molar-refractivity contribution in [3.63, 3.8) is 0 Å². The second-order valence-electron chi connectivity index (χ2n) is 4.68. The average Bonchev–Trinajstić information content (AvgIpc) is 2.37. The van der Waals surface area contributed by atoms with Crippen molar-refractivity contribution in [3.8, 4) is 5.75 Å². The fourth-order valence-electron chi connectivity index (χ4n) is 2.00. The van der Waals surface area contributed by atoms with E-state index in [1.54, 1.807) is 7.11 Å². The monoisotopic (exact) mass is 267 g/mol. The van der Waals surface area contributed by atoms with Crippen LogP contribution in [0.2, 0.25) is 0 Å². The predicted octanol–water partition coefficient (Wildman–Crippen LogP) is 3.36. The van der Waals surface area contributed by atoms with Crippen LogP contribution in [0.25, 0.3) is 0 Å². The molecule has 1 N–H and O–H groups in total. The third-order valence-electron chi connectivity index (χ3n) is 2.84. The number of thioether (sulfide) groups is 1. The Balaban J connectivity index is 2.36. The Morgan fingerprint density at radius 1 is 1.17 bits per heavy atom. The molecule has 2 unspecified atom stereocenters. The number of hydrogen-bond donors (Lipinski definition) is 1. The summed E-state index contributed by atoms with van der Waals surface area (Å²) in [6.07, 6.45) is 1.06. The van der Waals surface area contributed by atoms with Gasteiger partial charge in [-0.2, -0.15) is 11.8 Å². The highest BCUT2D eigenvalue weighted by Crippen LogP contribution is 2.13. The smallest absolute Gasteiger partial charge is 0.118 e. The van der Waals surface area contributed by atoms with E-state index in [0.717, 1.165) is 12.2 Å². The van der Waals surface area contributed by atoms with Crippen molar-refractivity contribution in [2.45, 2.75) is 39.3 Å². The van der Waals surface area contributed by atoms with Crippen LogP contribution in [0.3, 0.4) is 0 Å². The highest BCUT2D eigenvalue weighted by molar-refractivity contribution is 7.99. The molecule has 0 fully saturated rings. The van der Waals surface area contributed by atoms with E-state index in [1.807, 2.05) is 23.9 Å². The van der Waals surface area contributed by atoms with E-state index < -0.39 is 0 Å².